The van der Waals surface area contributed by atoms with Crippen molar-refractivity contribution in [3.8, 4) is 5.82 Å². The van der Waals surface area contributed by atoms with Crippen molar-refractivity contribution in [2.45, 2.75) is 26.6 Å². The summed E-state index contributed by atoms with van der Waals surface area (Å²) in [6.45, 7) is 4.81. The summed E-state index contributed by atoms with van der Waals surface area (Å²) in [4.78, 5) is 9.12. The van der Waals surface area contributed by atoms with Gasteiger partial charge in [-0.2, -0.15) is 10.2 Å². The van der Waals surface area contributed by atoms with Gasteiger partial charge in [0.2, 0.25) is 0 Å². The van der Waals surface area contributed by atoms with Gasteiger partial charge in [0.05, 0.1) is 13.1 Å². The maximum absolute atomic E-state index is 4.75. The smallest absolute Gasteiger partial charge is 0.191 e. The van der Waals surface area contributed by atoms with Gasteiger partial charge in [0.15, 0.2) is 11.8 Å². The molecule has 8 heteroatoms. The minimum absolute atomic E-state index is 0.543. The third kappa shape index (κ3) is 5.57. The zero-order valence-corrected chi connectivity index (χ0v) is 17.5. The minimum atomic E-state index is 0.543. The summed E-state index contributed by atoms with van der Waals surface area (Å²) in [7, 11) is 0. The molecule has 0 bridgehead atoms. The molecule has 1 aromatic carbocycles. The second-order valence-electron chi connectivity index (χ2n) is 6.99. The van der Waals surface area contributed by atoms with Crippen LogP contribution >= 0.6 is 0 Å². The van der Waals surface area contributed by atoms with E-state index in [2.05, 4.69) is 57.0 Å². The predicted molar refractivity (Wildman–Crippen MR) is 121 cm³/mol. The van der Waals surface area contributed by atoms with Crippen LogP contribution in [0.4, 0.5) is 0 Å². The third-order valence-electron chi connectivity index (χ3n) is 4.77. The van der Waals surface area contributed by atoms with E-state index in [1.54, 1.807) is 23.3 Å². The summed E-state index contributed by atoms with van der Waals surface area (Å²) in [6.07, 6.45) is 9.18. The molecule has 0 saturated heterocycles. The van der Waals surface area contributed by atoms with Crippen LogP contribution in [0.15, 0.2) is 84.5 Å². The van der Waals surface area contributed by atoms with Gasteiger partial charge in [-0.05, 0) is 47.9 Å². The Morgan fingerprint density at radius 1 is 0.935 bits per heavy atom. The molecule has 0 amide bonds. The van der Waals surface area contributed by atoms with Gasteiger partial charge in [-0.3, -0.25) is 4.68 Å². The van der Waals surface area contributed by atoms with Gasteiger partial charge in [0.1, 0.15) is 0 Å². The molecule has 0 aliphatic rings. The van der Waals surface area contributed by atoms with Crippen molar-refractivity contribution in [1.82, 2.24) is 35.2 Å². The summed E-state index contributed by atoms with van der Waals surface area (Å²) in [6, 6.07) is 16.2. The Hall–Kier alpha value is -3.94. The molecule has 0 spiro atoms. The van der Waals surface area contributed by atoms with Gasteiger partial charge in [-0.1, -0.05) is 24.3 Å². The molecule has 0 aliphatic carbocycles. The number of pyridine rings is 1. The average Bonchev–Trinajstić information content (AvgIpc) is 3.51. The number of aliphatic imine (C=N–C) groups is 1. The van der Waals surface area contributed by atoms with E-state index in [-0.39, 0.29) is 0 Å². The van der Waals surface area contributed by atoms with Gasteiger partial charge >= 0.3 is 0 Å². The molecule has 3 aromatic heterocycles. The number of hydrogen-bond donors (Lipinski definition) is 2. The molecule has 4 aromatic rings. The lowest BCUT2D eigenvalue weighted by atomic mass is 10.1. The highest BCUT2D eigenvalue weighted by molar-refractivity contribution is 5.79. The van der Waals surface area contributed by atoms with Gasteiger partial charge < -0.3 is 10.6 Å². The van der Waals surface area contributed by atoms with Crippen LogP contribution in [0.5, 0.6) is 0 Å². The highest BCUT2D eigenvalue weighted by Gasteiger charge is 2.05. The summed E-state index contributed by atoms with van der Waals surface area (Å²) >= 11 is 0. The SMILES string of the molecule is CCNC(=NCc1ccnc(-n2cccn2)c1)NCc1ccccc1Cn1cccn1. The van der Waals surface area contributed by atoms with Crippen LogP contribution in [0.1, 0.15) is 23.6 Å². The van der Waals surface area contributed by atoms with Gasteiger partial charge in [0, 0.05) is 44.1 Å². The first-order valence-corrected chi connectivity index (χ1v) is 10.3. The Bertz CT molecular complexity index is 1100. The Morgan fingerprint density at radius 3 is 2.55 bits per heavy atom. The van der Waals surface area contributed by atoms with Gasteiger partial charge in [-0.25, -0.2) is 14.7 Å². The quantitative estimate of drug-likeness (QED) is 0.342. The summed E-state index contributed by atoms with van der Waals surface area (Å²) in [5.74, 6) is 1.55. The van der Waals surface area contributed by atoms with Crippen molar-refractivity contribution in [1.29, 1.82) is 0 Å². The normalized spacial score (nSPS) is 11.5. The first-order chi connectivity index (χ1) is 15.3. The molecular formula is C23H26N8. The van der Waals surface area contributed by atoms with Crippen molar-refractivity contribution in [3.05, 3.63) is 96.2 Å². The zero-order valence-electron chi connectivity index (χ0n) is 17.5. The maximum Gasteiger partial charge on any atom is 0.191 e. The van der Waals surface area contributed by atoms with E-state index in [4.69, 9.17) is 4.99 Å². The first-order valence-electron chi connectivity index (χ1n) is 10.3. The number of rotatable bonds is 8. The fraction of sp³-hybridized carbons (Fsp3) is 0.217. The number of hydrogen-bond acceptors (Lipinski definition) is 4. The summed E-state index contributed by atoms with van der Waals surface area (Å²) in [5, 5.41) is 15.3. The van der Waals surface area contributed by atoms with Crippen molar-refractivity contribution in [2.24, 2.45) is 4.99 Å². The lowest BCUT2D eigenvalue weighted by Crippen LogP contribution is -2.37. The van der Waals surface area contributed by atoms with Crippen LogP contribution in [-0.4, -0.2) is 37.0 Å². The molecule has 0 saturated carbocycles. The molecule has 0 atom stereocenters. The number of benzene rings is 1. The minimum Gasteiger partial charge on any atom is -0.357 e. The van der Waals surface area contributed by atoms with Crippen LogP contribution < -0.4 is 10.6 Å². The third-order valence-corrected chi connectivity index (χ3v) is 4.77. The second kappa shape index (κ2) is 10.2. The van der Waals surface area contributed by atoms with E-state index < -0.39 is 0 Å². The molecular weight excluding hydrogens is 388 g/mol. The molecule has 0 radical (unpaired) electrons. The Labute approximate surface area is 181 Å². The molecule has 0 unspecified atom stereocenters. The zero-order chi connectivity index (χ0) is 21.3. The van der Waals surface area contributed by atoms with Crippen LogP contribution in [0, 0.1) is 0 Å². The standard InChI is InChI=1S/C23H26N8/c1-2-24-23(26-16-19-9-12-25-22(15-19)31-14-6-11-29-31)27-17-20-7-3-4-8-21(20)18-30-13-5-10-28-30/h3-15H,2,16-18H2,1H3,(H2,24,26,27). The maximum atomic E-state index is 4.75. The van der Waals surface area contributed by atoms with E-state index in [0.29, 0.717) is 13.1 Å². The van der Waals surface area contributed by atoms with Crippen LogP contribution in [0.2, 0.25) is 0 Å². The molecule has 3 heterocycles. The fourth-order valence-electron chi connectivity index (χ4n) is 3.23. The number of nitrogens with zero attached hydrogens (tertiary/aromatic N) is 6. The highest BCUT2D eigenvalue weighted by Crippen LogP contribution is 2.11. The fourth-order valence-corrected chi connectivity index (χ4v) is 3.23. The van der Waals surface area contributed by atoms with E-state index in [1.807, 2.05) is 41.3 Å². The number of guanidine groups is 1. The van der Waals surface area contributed by atoms with Crippen molar-refractivity contribution in [3.63, 3.8) is 0 Å². The van der Waals surface area contributed by atoms with Crippen molar-refractivity contribution in [2.75, 3.05) is 6.54 Å². The average molecular weight is 415 g/mol. The number of nitrogens with one attached hydrogen (secondary N) is 2. The Kier molecular flexibility index (Phi) is 6.69. The second-order valence-corrected chi connectivity index (χ2v) is 6.99. The van der Waals surface area contributed by atoms with Gasteiger partial charge in [-0.15, -0.1) is 0 Å². The molecule has 4 rings (SSSR count). The highest BCUT2D eigenvalue weighted by atomic mass is 15.3. The Balaban J connectivity index is 1.43. The summed E-state index contributed by atoms with van der Waals surface area (Å²) in [5.41, 5.74) is 3.51. The lowest BCUT2D eigenvalue weighted by Gasteiger charge is -2.14. The molecule has 0 fully saturated rings. The van der Waals surface area contributed by atoms with Gasteiger partial charge in [0.25, 0.3) is 0 Å². The lowest BCUT2D eigenvalue weighted by molar-refractivity contribution is 0.677. The molecule has 31 heavy (non-hydrogen) atoms. The predicted octanol–water partition coefficient (Wildman–Crippen LogP) is 2.77. The van der Waals surface area contributed by atoms with E-state index in [9.17, 15) is 0 Å². The molecule has 158 valence electrons. The van der Waals surface area contributed by atoms with Crippen LogP contribution in [-0.2, 0) is 19.6 Å². The molecule has 0 aliphatic heterocycles. The van der Waals surface area contributed by atoms with Crippen molar-refractivity contribution >= 4 is 5.96 Å². The van der Waals surface area contributed by atoms with Crippen LogP contribution in [0.25, 0.3) is 5.82 Å². The molecule has 2 N–H and O–H groups in total. The van der Waals surface area contributed by atoms with E-state index >= 15 is 0 Å². The summed E-state index contributed by atoms with van der Waals surface area (Å²) < 4.78 is 3.67. The van der Waals surface area contributed by atoms with Crippen molar-refractivity contribution < 1.29 is 0 Å². The van der Waals surface area contributed by atoms with Crippen LogP contribution in [0.3, 0.4) is 0 Å². The monoisotopic (exact) mass is 414 g/mol. The topological polar surface area (TPSA) is 85.0 Å². The Morgan fingerprint density at radius 2 is 1.77 bits per heavy atom. The number of aromatic nitrogens is 5. The first kappa shape index (κ1) is 20.3. The van der Waals surface area contributed by atoms with E-state index in [1.165, 1.54) is 11.1 Å². The largest absolute Gasteiger partial charge is 0.357 e. The van der Waals surface area contributed by atoms with E-state index in [0.717, 1.165) is 30.4 Å². The molecule has 8 nitrogen and oxygen atoms in total.